The van der Waals surface area contributed by atoms with Crippen LogP contribution in [0.4, 0.5) is 0 Å². The molecule has 6 nitrogen and oxygen atoms in total. The molecule has 0 amide bonds. The van der Waals surface area contributed by atoms with E-state index < -0.39 is 11.9 Å². The molecular formula is C30H20Cl2N2O4. The van der Waals surface area contributed by atoms with E-state index in [0.29, 0.717) is 32.7 Å². The number of halogens is 2. The van der Waals surface area contributed by atoms with Crippen molar-refractivity contribution < 1.29 is 19.0 Å². The molecule has 1 unspecified atom stereocenters. The Bertz CT molecular complexity index is 1610. The van der Waals surface area contributed by atoms with E-state index in [1.165, 1.54) is 6.07 Å². The smallest absolute Gasteiger partial charge is 0.343 e. The number of nitrogens with zero attached hydrogens (tertiary/aromatic N) is 1. The van der Waals surface area contributed by atoms with E-state index >= 15 is 0 Å². The first kappa shape index (κ1) is 25.2. The Kier molecular flexibility index (Phi) is 7.23. The summed E-state index contributed by atoms with van der Waals surface area (Å²) in [5, 5.41) is 10.9. The zero-order valence-electron chi connectivity index (χ0n) is 19.9. The summed E-state index contributed by atoms with van der Waals surface area (Å²) in [5.74, 6) is 0.154. The Balaban J connectivity index is 1.43. The summed E-state index contributed by atoms with van der Waals surface area (Å²) in [6.45, 7) is 0.290. The van der Waals surface area contributed by atoms with Crippen LogP contribution < -0.4 is 19.9 Å². The molecule has 1 aliphatic heterocycles. The molecule has 1 aliphatic rings. The van der Waals surface area contributed by atoms with E-state index in [9.17, 15) is 10.1 Å². The van der Waals surface area contributed by atoms with Gasteiger partial charge < -0.3 is 19.9 Å². The summed E-state index contributed by atoms with van der Waals surface area (Å²) >= 11 is 12.2. The van der Waals surface area contributed by atoms with E-state index in [2.05, 4.69) is 6.07 Å². The van der Waals surface area contributed by atoms with Crippen molar-refractivity contribution in [2.45, 2.75) is 12.5 Å². The number of fused-ring (bicyclic) bond motifs is 1. The molecule has 0 fully saturated rings. The highest BCUT2D eigenvalue weighted by atomic mass is 35.5. The Morgan fingerprint density at radius 3 is 2.55 bits per heavy atom. The van der Waals surface area contributed by atoms with Crippen molar-refractivity contribution in [2.24, 2.45) is 5.73 Å². The molecule has 1 heterocycles. The Labute approximate surface area is 229 Å². The number of nitrogens with two attached hydrogens (primary N) is 1. The molecule has 0 spiro atoms. The number of carbonyl (C=O) groups is 1. The predicted octanol–water partition coefficient (Wildman–Crippen LogP) is 7.01. The number of carbonyl (C=O) groups excluding carboxylic acids is 1. The van der Waals surface area contributed by atoms with Crippen molar-refractivity contribution in [2.75, 3.05) is 0 Å². The average molecular weight is 543 g/mol. The van der Waals surface area contributed by atoms with Gasteiger partial charge in [-0.3, -0.25) is 0 Å². The highest BCUT2D eigenvalue weighted by Crippen LogP contribution is 2.44. The molecule has 4 aromatic rings. The molecule has 8 heteroatoms. The molecule has 4 aromatic carbocycles. The van der Waals surface area contributed by atoms with Crippen LogP contribution in [-0.2, 0) is 6.61 Å². The van der Waals surface area contributed by atoms with Gasteiger partial charge in [0.2, 0.25) is 5.88 Å². The van der Waals surface area contributed by atoms with Crippen LogP contribution in [0.1, 0.15) is 33.0 Å². The van der Waals surface area contributed by atoms with Crippen LogP contribution in [0, 0.1) is 11.3 Å². The molecule has 0 radical (unpaired) electrons. The minimum atomic E-state index is -0.565. The molecule has 2 N–H and O–H groups in total. The molecule has 38 heavy (non-hydrogen) atoms. The van der Waals surface area contributed by atoms with Gasteiger partial charge in [-0.15, -0.1) is 0 Å². The van der Waals surface area contributed by atoms with Gasteiger partial charge in [0, 0.05) is 27.2 Å². The molecule has 0 aromatic heterocycles. The number of benzene rings is 4. The third kappa shape index (κ3) is 5.30. The SMILES string of the molecule is N#CC1=C(N)Oc2cc(OC(=O)c3cccc(Cl)c3)ccc2C1c1cccc(OCc2ccccc2Cl)c1. The fourth-order valence-corrected chi connectivity index (χ4v) is 4.56. The van der Waals surface area contributed by atoms with E-state index in [1.807, 2.05) is 48.5 Å². The average Bonchev–Trinajstić information content (AvgIpc) is 2.92. The number of esters is 1. The summed E-state index contributed by atoms with van der Waals surface area (Å²) < 4.78 is 17.3. The summed E-state index contributed by atoms with van der Waals surface area (Å²) in [6, 6.07) is 28.5. The van der Waals surface area contributed by atoms with Gasteiger partial charge in [0.05, 0.1) is 11.5 Å². The van der Waals surface area contributed by atoms with Crippen molar-refractivity contribution in [1.29, 1.82) is 5.26 Å². The van der Waals surface area contributed by atoms with E-state index in [4.69, 9.17) is 43.1 Å². The third-order valence-corrected chi connectivity index (χ3v) is 6.61. The quantitative estimate of drug-likeness (QED) is 0.208. The lowest BCUT2D eigenvalue weighted by molar-refractivity contribution is 0.0734. The van der Waals surface area contributed by atoms with Gasteiger partial charge in [-0.05, 0) is 48.0 Å². The first-order valence-corrected chi connectivity index (χ1v) is 12.3. The van der Waals surface area contributed by atoms with Gasteiger partial charge in [-0.25, -0.2) is 4.79 Å². The first-order valence-electron chi connectivity index (χ1n) is 11.6. The first-order chi connectivity index (χ1) is 18.4. The van der Waals surface area contributed by atoms with Crippen LogP contribution in [0.5, 0.6) is 17.2 Å². The van der Waals surface area contributed by atoms with E-state index in [1.54, 1.807) is 36.4 Å². The maximum atomic E-state index is 12.6. The normalized spacial score (nSPS) is 14.2. The van der Waals surface area contributed by atoms with Crippen molar-refractivity contribution in [3.8, 4) is 23.3 Å². The number of ether oxygens (including phenoxy) is 3. The second kappa shape index (κ2) is 10.9. The summed E-state index contributed by atoms with van der Waals surface area (Å²) in [5.41, 5.74) is 9.07. The lowest BCUT2D eigenvalue weighted by Crippen LogP contribution is -2.21. The predicted molar refractivity (Wildman–Crippen MR) is 144 cm³/mol. The largest absolute Gasteiger partial charge is 0.489 e. The molecule has 0 saturated heterocycles. The zero-order valence-corrected chi connectivity index (χ0v) is 21.4. The van der Waals surface area contributed by atoms with Gasteiger partial charge in [-0.1, -0.05) is 65.7 Å². The van der Waals surface area contributed by atoms with Crippen LogP contribution in [0.3, 0.4) is 0 Å². The van der Waals surface area contributed by atoms with Crippen LogP contribution in [-0.4, -0.2) is 5.97 Å². The Hall–Kier alpha value is -4.44. The Morgan fingerprint density at radius 2 is 1.76 bits per heavy atom. The topological polar surface area (TPSA) is 94.6 Å². The fourth-order valence-electron chi connectivity index (χ4n) is 4.18. The molecule has 188 valence electrons. The number of rotatable bonds is 6. The number of hydrogen-bond acceptors (Lipinski definition) is 6. The lowest BCUT2D eigenvalue weighted by atomic mass is 9.83. The van der Waals surface area contributed by atoms with Gasteiger partial charge in [0.15, 0.2) is 0 Å². The standard InChI is InChI=1S/C30H20Cl2N2O4/c31-21-8-3-7-19(13-21)30(35)37-23-11-12-24-27(15-23)38-29(34)25(16-33)28(24)18-6-4-9-22(14-18)36-17-20-5-1-2-10-26(20)32/h1-15,28H,17,34H2. The minimum absolute atomic E-state index is 0.0225. The maximum Gasteiger partial charge on any atom is 0.343 e. The minimum Gasteiger partial charge on any atom is -0.489 e. The number of allylic oxidation sites excluding steroid dienone is 1. The van der Waals surface area contributed by atoms with Gasteiger partial charge in [-0.2, -0.15) is 5.26 Å². The monoisotopic (exact) mass is 542 g/mol. The van der Waals surface area contributed by atoms with Crippen molar-refractivity contribution in [3.05, 3.63) is 135 Å². The number of nitriles is 1. The summed E-state index contributed by atoms with van der Waals surface area (Å²) in [6.07, 6.45) is 0. The molecule has 0 aliphatic carbocycles. The molecule has 0 saturated carbocycles. The summed E-state index contributed by atoms with van der Waals surface area (Å²) in [4.78, 5) is 12.6. The van der Waals surface area contributed by atoms with Crippen LogP contribution >= 0.6 is 23.2 Å². The van der Waals surface area contributed by atoms with Crippen LogP contribution in [0.15, 0.2) is 102 Å². The van der Waals surface area contributed by atoms with Crippen molar-refractivity contribution >= 4 is 29.2 Å². The highest BCUT2D eigenvalue weighted by molar-refractivity contribution is 6.31. The molecule has 0 bridgehead atoms. The third-order valence-electron chi connectivity index (χ3n) is 6.01. The van der Waals surface area contributed by atoms with Crippen molar-refractivity contribution in [3.63, 3.8) is 0 Å². The van der Waals surface area contributed by atoms with E-state index in [-0.39, 0.29) is 23.8 Å². The molecular weight excluding hydrogens is 523 g/mol. The van der Waals surface area contributed by atoms with Crippen LogP contribution in [0.2, 0.25) is 10.0 Å². The Morgan fingerprint density at radius 1 is 0.947 bits per heavy atom. The van der Waals surface area contributed by atoms with Gasteiger partial charge >= 0.3 is 5.97 Å². The zero-order chi connectivity index (χ0) is 26.6. The fraction of sp³-hybridized carbons (Fsp3) is 0.0667. The van der Waals surface area contributed by atoms with Gasteiger partial charge in [0.1, 0.15) is 35.5 Å². The number of hydrogen-bond donors (Lipinski definition) is 1. The highest BCUT2D eigenvalue weighted by Gasteiger charge is 2.31. The summed E-state index contributed by atoms with van der Waals surface area (Å²) in [7, 11) is 0. The second-order valence-corrected chi connectivity index (χ2v) is 9.32. The maximum absolute atomic E-state index is 12.6. The van der Waals surface area contributed by atoms with E-state index in [0.717, 1.165) is 11.1 Å². The second-order valence-electron chi connectivity index (χ2n) is 8.48. The van der Waals surface area contributed by atoms with Gasteiger partial charge in [0.25, 0.3) is 0 Å². The molecule has 1 atom stereocenters. The molecule has 5 rings (SSSR count). The lowest BCUT2D eigenvalue weighted by Gasteiger charge is -2.27. The van der Waals surface area contributed by atoms with Crippen LogP contribution in [0.25, 0.3) is 0 Å². The van der Waals surface area contributed by atoms with Crippen molar-refractivity contribution in [1.82, 2.24) is 0 Å².